The van der Waals surface area contributed by atoms with Crippen LogP contribution in [0.5, 0.6) is 0 Å². The van der Waals surface area contributed by atoms with E-state index in [1.807, 2.05) is 0 Å². The number of hydrogen-bond donors (Lipinski definition) is 1. The number of ether oxygens (including phenoxy) is 1. The molecule has 2 aliphatic rings. The molecule has 0 aromatic carbocycles. The topological polar surface area (TPSA) is 21.3 Å². The Morgan fingerprint density at radius 1 is 1.25 bits per heavy atom. The van der Waals surface area contributed by atoms with Crippen molar-refractivity contribution >= 4 is 12.4 Å². The van der Waals surface area contributed by atoms with E-state index in [1.54, 1.807) is 0 Å². The van der Waals surface area contributed by atoms with Crippen molar-refractivity contribution in [3.8, 4) is 0 Å². The smallest absolute Gasteiger partial charge is 0.0578 e. The van der Waals surface area contributed by atoms with Crippen LogP contribution in [-0.2, 0) is 4.74 Å². The lowest BCUT2D eigenvalue weighted by Crippen LogP contribution is -2.44. The first-order chi connectivity index (χ1) is 5.45. The Kier molecular flexibility index (Phi) is 4.33. The minimum Gasteiger partial charge on any atom is -0.378 e. The monoisotopic (exact) mass is 191 g/mol. The summed E-state index contributed by atoms with van der Waals surface area (Å²) in [6.07, 6.45) is 5.85. The summed E-state index contributed by atoms with van der Waals surface area (Å²) in [5, 5.41) is 3.30. The van der Waals surface area contributed by atoms with Gasteiger partial charge in [-0.1, -0.05) is 0 Å². The van der Waals surface area contributed by atoms with Crippen molar-refractivity contribution in [3.63, 3.8) is 0 Å². The first-order valence-electron chi connectivity index (χ1n) is 4.77. The van der Waals surface area contributed by atoms with Gasteiger partial charge in [0.1, 0.15) is 0 Å². The molecule has 0 spiro atoms. The summed E-state index contributed by atoms with van der Waals surface area (Å²) in [5.74, 6) is 0.915. The number of hydrogen-bond acceptors (Lipinski definition) is 2. The van der Waals surface area contributed by atoms with Crippen molar-refractivity contribution in [2.45, 2.75) is 31.8 Å². The zero-order chi connectivity index (χ0) is 7.52. The van der Waals surface area contributed by atoms with Crippen LogP contribution in [0.4, 0.5) is 0 Å². The number of rotatable bonds is 2. The third kappa shape index (κ3) is 2.61. The largest absolute Gasteiger partial charge is 0.378 e. The first-order valence-corrected chi connectivity index (χ1v) is 4.77. The van der Waals surface area contributed by atoms with Crippen molar-refractivity contribution in [1.82, 2.24) is 5.32 Å². The molecule has 0 radical (unpaired) electrons. The minimum absolute atomic E-state index is 0. The van der Waals surface area contributed by atoms with Crippen LogP contribution in [0.2, 0.25) is 0 Å². The predicted octanol–water partition coefficient (Wildman–Crippen LogP) is 1.59. The summed E-state index contributed by atoms with van der Waals surface area (Å²) in [6.45, 7) is 3.45. The summed E-state index contributed by atoms with van der Waals surface area (Å²) in [5.41, 5.74) is 0. The van der Waals surface area contributed by atoms with Crippen LogP contribution in [0.3, 0.4) is 0 Å². The Morgan fingerprint density at radius 2 is 2.08 bits per heavy atom. The molecule has 2 aliphatic heterocycles. The third-order valence-corrected chi connectivity index (χ3v) is 2.74. The molecule has 0 bridgehead atoms. The lowest BCUT2D eigenvalue weighted by Gasteiger charge is -2.32. The molecule has 1 atom stereocenters. The Hall–Kier alpha value is 0.210. The first kappa shape index (κ1) is 10.3. The van der Waals surface area contributed by atoms with E-state index in [2.05, 4.69) is 5.32 Å². The molecular formula is C9H18ClNO. The summed E-state index contributed by atoms with van der Waals surface area (Å²) in [4.78, 5) is 0. The average Bonchev–Trinajstić information content (AvgIpc) is 1.99. The number of nitrogens with one attached hydrogen (secondary N) is 1. The summed E-state index contributed by atoms with van der Waals surface area (Å²) in [6, 6.07) is 0. The van der Waals surface area contributed by atoms with Gasteiger partial charge in [0.15, 0.2) is 0 Å². The highest BCUT2D eigenvalue weighted by molar-refractivity contribution is 5.85. The van der Waals surface area contributed by atoms with Gasteiger partial charge in [0.2, 0.25) is 0 Å². The van der Waals surface area contributed by atoms with Crippen LogP contribution in [0.15, 0.2) is 0 Å². The zero-order valence-corrected chi connectivity index (χ0v) is 8.24. The second-order valence-corrected chi connectivity index (χ2v) is 3.75. The van der Waals surface area contributed by atoms with E-state index in [1.165, 1.54) is 38.8 Å². The van der Waals surface area contributed by atoms with E-state index in [-0.39, 0.29) is 12.4 Å². The highest BCUT2D eigenvalue weighted by Gasteiger charge is 2.23. The van der Waals surface area contributed by atoms with Gasteiger partial charge in [-0.3, -0.25) is 0 Å². The molecule has 3 heteroatoms. The van der Waals surface area contributed by atoms with E-state index in [9.17, 15) is 0 Å². The van der Waals surface area contributed by atoms with Crippen LogP contribution >= 0.6 is 12.4 Å². The van der Waals surface area contributed by atoms with Gasteiger partial charge in [-0.25, -0.2) is 0 Å². The fraction of sp³-hybridized carbons (Fsp3) is 1.00. The van der Waals surface area contributed by atoms with Crippen molar-refractivity contribution in [1.29, 1.82) is 0 Å². The molecule has 0 aromatic rings. The third-order valence-electron chi connectivity index (χ3n) is 2.74. The molecule has 12 heavy (non-hydrogen) atoms. The van der Waals surface area contributed by atoms with E-state index in [0.717, 1.165) is 12.5 Å². The van der Waals surface area contributed by atoms with Crippen LogP contribution in [0.25, 0.3) is 0 Å². The Morgan fingerprint density at radius 3 is 2.58 bits per heavy atom. The molecule has 72 valence electrons. The standard InChI is InChI=1S/C9H17NO.ClH/c1-2-4-11-9(3-1)5-8-6-10-7-8;/h8-10H,1-7H2;1H. The van der Waals surface area contributed by atoms with Gasteiger partial charge in [0.25, 0.3) is 0 Å². The summed E-state index contributed by atoms with van der Waals surface area (Å²) >= 11 is 0. The maximum atomic E-state index is 5.66. The van der Waals surface area contributed by atoms with Gasteiger partial charge < -0.3 is 10.1 Å². The minimum atomic E-state index is 0. The summed E-state index contributed by atoms with van der Waals surface area (Å²) < 4.78 is 5.66. The Labute approximate surface area is 80.5 Å². The molecule has 0 aliphatic carbocycles. The Balaban J connectivity index is 0.000000720. The van der Waals surface area contributed by atoms with Crippen LogP contribution in [0.1, 0.15) is 25.7 Å². The van der Waals surface area contributed by atoms with Crippen molar-refractivity contribution < 1.29 is 4.74 Å². The molecule has 2 nitrogen and oxygen atoms in total. The molecule has 2 saturated heterocycles. The van der Waals surface area contributed by atoms with Gasteiger partial charge in [0.05, 0.1) is 6.10 Å². The molecule has 0 amide bonds. The van der Waals surface area contributed by atoms with E-state index < -0.39 is 0 Å². The molecule has 1 unspecified atom stereocenters. The SMILES string of the molecule is C1CCC(CC2CNC2)OC1.Cl. The number of halogens is 1. The van der Waals surface area contributed by atoms with Crippen LogP contribution in [0, 0.1) is 5.92 Å². The van der Waals surface area contributed by atoms with Gasteiger partial charge in [-0.15, -0.1) is 12.4 Å². The van der Waals surface area contributed by atoms with E-state index >= 15 is 0 Å². The fourth-order valence-corrected chi connectivity index (χ4v) is 1.88. The van der Waals surface area contributed by atoms with Crippen molar-refractivity contribution in [3.05, 3.63) is 0 Å². The average molecular weight is 192 g/mol. The zero-order valence-electron chi connectivity index (χ0n) is 7.42. The quantitative estimate of drug-likeness (QED) is 0.716. The fourth-order valence-electron chi connectivity index (χ4n) is 1.88. The van der Waals surface area contributed by atoms with Gasteiger partial charge >= 0.3 is 0 Å². The van der Waals surface area contributed by atoms with Crippen LogP contribution < -0.4 is 5.32 Å². The van der Waals surface area contributed by atoms with E-state index in [0.29, 0.717) is 6.10 Å². The van der Waals surface area contributed by atoms with Gasteiger partial charge in [0, 0.05) is 6.61 Å². The summed E-state index contributed by atoms with van der Waals surface area (Å²) in [7, 11) is 0. The molecule has 2 rings (SSSR count). The lowest BCUT2D eigenvalue weighted by molar-refractivity contribution is -0.00315. The van der Waals surface area contributed by atoms with Gasteiger partial charge in [-0.05, 0) is 44.7 Å². The van der Waals surface area contributed by atoms with Crippen LogP contribution in [-0.4, -0.2) is 25.8 Å². The molecule has 0 saturated carbocycles. The predicted molar refractivity (Wildman–Crippen MR) is 51.8 cm³/mol. The second-order valence-electron chi connectivity index (χ2n) is 3.75. The molecular weight excluding hydrogens is 174 g/mol. The maximum absolute atomic E-state index is 5.66. The highest BCUT2D eigenvalue weighted by Crippen LogP contribution is 2.21. The molecule has 2 heterocycles. The molecule has 0 aromatic heterocycles. The van der Waals surface area contributed by atoms with Crippen molar-refractivity contribution in [2.75, 3.05) is 19.7 Å². The second kappa shape index (κ2) is 5.05. The lowest BCUT2D eigenvalue weighted by atomic mass is 9.93. The normalized spacial score (nSPS) is 30.5. The molecule has 2 fully saturated rings. The highest BCUT2D eigenvalue weighted by atomic mass is 35.5. The van der Waals surface area contributed by atoms with Gasteiger partial charge in [-0.2, -0.15) is 0 Å². The Bertz CT molecular complexity index is 122. The molecule has 1 N–H and O–H groups in total. The van der Waals surface area contributed by atoms with E-state index in [4.69, 9.17) is 4.74 Å². The van der Waals surface area contributed by atoms with Crippen molar-refractivity contribution in [2.24, 2.45) is 5.92 Å². The maximum Gasteiger partial charge on any atom is 0.0578 e.